The van der Waals surface area contributed by atoms with Crippen molar-refractivity contribution in [1.29, 1.82) is 0 Å². The van der Waals surface area contributed by atoms with Gasteiger partial charge in [-0.2, -0.15) is 0 Å². The van der Waals surface area contributed by atoms with Crippen molar-refractivity contribution in [3.05, 3.63) is 97.1 Å². The zero-order valence-corrected chi connectivity index (χ0v) is 29.2. The van der Waals surface area contributed by atoms with Crippen molar-refractivity contribution >= 4 is 94.2 Å². The Hall–Kier alpha value is -2.77. The first-order valence-electron chi connectivity index (χ1n) is 14.8. The first kappa shape index (κ1) is 26.1. The molecular formula is C36H40Si4. The van der Waals surface area contributed by atoms with E-state index < -0.39 is 30.4 Å². The van der Waals surface area contributed by atoms with Gasteiger partial charge in [0, 0.05) is 0 Å². The van der Waals surface area contributed by atoms with Crippen molar-refractivity contribution in [3.8, 4) is 0 Å². The second kappa shape index (κ2) is 8.38. The summed E-state index contributed by atoms with van der Waals surface area (Å²) in [6.45, 7) is 21.3. The van der Waals surface area contributed by atoms with Gasteiger partial charge in [0.15, 0.2) is 0 Å². The number of hydrogen-bond donors (Lipinski definition) is 0. The predicted molar refractivity (Wildman–Crippen MR) is 191 cm³/mol. The third-order valence-corrected chi connectivity index (χ3v) is 46.9. The predicted octanol–water partition coefficient (Wildman–Crippen LogP) is 7.83. The summed E-state index contributed by atoms with van der Waals surface area (Å²) < 4.78 is 0. The highest BCUT2D eigenvalue weighted by molar-refractivity contribution is 7.51. The van der Waals surface area contributed by atoms with Crippen molar-refractivity contribution in [2.24, 2.45) is 0 Å². The smallest absolute Gasteiger partial charge is 0.0671 e. The van der Waals surface area contributed by atoms with Crippen LogP contribution in [0.5, 0.6) is 0 Å². The lowest BCUT2D eigenvalue weighted by Gasteiger charge is -2.42. The summed E-state index contributed by atoms with van der Waals surface area (Å²) in [5.74, 6) is 0. The monoisotopic (exact) mass is 584 g/mol. The molecule has 0 N–H and O–H groups in total. The van der Waals surface area contributed by atoms with Gasteiger partial charge in [-0.1, -0.05) is 146 Å². The SMILES string of the molecule is C[Si]1(C)c2cccc3cc4cccc(c4cc23)[Si](C)(C)[Si](C)(C)c2cccc3cc4cccc(c4cc23)[Si]1(C)C. The summed E-state index contributed by atoms with van der Waals surface area (Å²) in [7, 11) is -7.61. The highest BCUT2D eigenvalue weighted by atomic mass is 29.3. The summed E-state index contributed by atoms with van der Waals surface area (Å²) in [6, 6.07) is 38.9. The molecule has 0 atom stereocenters. The van der Waals surface area contributed by atoms with Crippen molar-refractivity contribution in [1.82, 2.24) is 0 Å². The molecule has 200 valence electrons. The maximum atomic E-state index is 2.66. The van der Waals surface area contributed by atoms with E-state index in [-0.39, 0.29) is 0 Å². The van der Waals surface area contributed by atoms with Gasteiger partial charge in [0.05, 0.1) is 30.4 Å². The lowest BCUT2D eigenvalue weighted by atomic mass is 10.0. The molecule has 1 aliphatic rings. The highest BCUT2D eigenvalue weighted by Crippen LogP contribution is 2.33. The molecule has 1 heterocycles. The van der Waals surface area contributed by atoms with Gasteiger partial charge in [0.25, 0.3) is 0 Å². The molecule has 1 aliphatic heterocycles. The molecule has 0 aromatic heterocycles. The van der Waals surface area contributed by atoms with E-state index in [9.17, 15) is 0 Å². The van der Waals surface area contributed by atoms with E-state index in [4.69, 9.17) is 0 Å². The van der Waals surface area contributed by atoms with Crippen molar-refractivity contribution in [3.63, 3.8) is 0 Å². The van der Waals surface area contributed by atoms with Crippen LogP contribution in [-0.4, -0.2) is 30.4 Å². The topological polar surface area (TPSA) is 0 Å². The maximum absolute atomic E-state index is 2.66. The zero-order valence-electron chi connectivity index (χ0n) is 25.2. The third kappa shape index (κ3) is 3.34. The number of rotatable bonds is 0. The molecule has 6 aromatic carbocycles. The Morgan fingerprint density at radius 3 is 0.750 bits per heavy atom. The molecule has 0 saturated carbocycles. The van der Waals surface area contributed by atoms with Crippen molar-refractivity contribution in [2.75, 3.05) is 0 Å². The third-order valence-electron chi connectivity index (χ3n) is 11.6. The molecule has 0 saturated heterocycles. The van der Waals surface area contributed by atoms with Crippen molar-refractivity contribution < 1.29 is 0 Å². The number of hydrogen-bond acceptors (Lipinski definition) is 0. The zero-order chi connectivity index (χ0) is 28.2. The molecule has 7 rings (SSSR count). The van der Waals surface area contributed by atoms with Gasteiger partial charge in [-0.25, -0.2) is 0 Å². The van der Waals surface area contributed by atoms with Crippen LogP contribution in [0.2, 0.25) is 52.4 Å². The second-order valence-corrected chi connectivity index (χ2v) is 44.5. The van der Waals surface area contributed by atoms with Gasteiger partial charge >= 0.3 is 0 Å². The molecule has 6 aromatic rings. The molecule has 0 spiro atoms. The maximum Gasteiger partial charge on any atom is 0.0799 e. The average Bonchev–Trinajstić information content (AvgIpc) is 2.92. The summed E-state index contributed by atoms with van der Waals surface area (Å²) in [5, 5.41) is 18.2. The first-order valence-corrected chi connectivity index (χ1v) is 28.8. The van der Waals surface area contributed by atoms with E-state index in [0.717, 1.165) is 0 Å². The van der Waals surface area contributed by atoms with Crippen LogP contribution in [0.25, 0.3) is 43.1 Å². The van der Waals surface area contributed by atoms with Gasteiger partial charge in [-0.05, 0) is 67.4 Å². The Morgan fingerprint density at radius 1 is 0.300 bits per heavy atom. The van der Waals surface area contributed by atoms with E-state index in [2.05, 4.69) is 149 Å². The Labute approximate surface area is 242 Å². The fraction of sp³-hybridized carbons (Fsp3) is 0.222. The molecule has 4 bridgehead atoms. The van der Waals surface area contributed by atoms with Crippen LogP contribution < -0.4 is 20.7 Å². The largest absolute Gasteiger partial charge is 0.0799 e. The van der Waals surface area contributed by atoms with E-state index in [0.29, 0.717) is 0 Å². The van der Waals surface area contributed by atoms with Crippen LogP contribution in [0.15, 0.2) is 97.1 Å². The van der Waals surface area contributed by atoms with Gasteiger partial charge < -0.3 is 0 Å². The van der Waals surface area contributed by atoms with Crippen LogP contribution >= 0.6 is 0 Å². The quantitative estimate of drug-likeness (QED) is 0.126. The Kier molecular flexibility index (Phi) is 5.48. The van der Waals surface area contributed by atoms with Gasteiger partial charge in [0.1, 0.15) is 0 Å². The van der Waals surface area contributed by atoms with E-state index in [1.54, 1.807) is 20.7 Å². The second-order valence-electron chi connectivity index (χ2n) is 14.3. The standard InChI is InChI=1S/C36H40Si4/c1-37(2)33-17-9-13-25-21-27-15-11-19-35(31(27)23-29(25)33)39(5,6)40(7,8)36-20-12-16-28-22-26-14-10-18-34(38(37,3)4)30(26)24-32(28)36/h9-24H,1-8H3. The fourth-order valence-corrected chi connectivity index (χ4v) is 26.6. The minimum absolute atomic E-state index is 1.40. The van der Waals surface area contributed by atoms with Gasteiger partial charge in [0.2, 0.25) is 0 Å². The summed E-state index contributed by atoms with van der Waals surface area (Å²) >= 11 is 0. The molecular weight excluding hydrogens is 545 g/mol. The average molecular weight is 585 g/mol. The molecule has 0 amide bonds. The van der Waals surface area contributed by atoms with Crippen LogP contribution in [0.4, 0.5) is 0 Å². The highest BCUT2D eigenvalue weighted by Gasteiger charge is 2.47. The Morgan fingerprint density at radius 2 is 0.525 bits per heavy atom. The Balaban J connectivity index is 1.73. The molecule has 0 nitrogen and oxygen atoms in total. The number of benzene rings is 6. The van der Waals surface area contributed by atoms with Crippen molar-refractivity contribution in [2.45, 2.75) is 52.4 Å². The summed E-state index contributed by atoms with van der Waals surface area (Å²) in [5.41, 5.74) is 0. The van der Waals surface area contributed by atoms with Crippen LogP contribution in [-0.2, 0) is 0 Å². The molecule has 0 fully saturated rings. The fourth-order valence-electron chi connectivity index (χ4n) is 7.63. The summed E-state index contributed by atoms with van der Waals surface area (Å²) in [6.07, 6.45) is 0. The molecule has 0 radical (unpaired) electrons. The molecule has 0 aliphatic carbocycles. The molecule has 4 heteroatoms. The molecule has 40 heavy (non-hydrogen) atoms. The van der Waals surface area contributed by atoms with Gasteiger partial charge in [-0.15, -0.1) is 0 Å². The van der Waals surface area contributed by atoms with Gasteiger partial charge in [-0.3, -0.25) is 0 Å². The van der Waals surface area contributed by atoms with E-state index >= 15 is 0 Å². The minimum atomic E-state index is -1.90. The lowest BCUT2D eigenvalue weighted by molar-refractivity contribution is 1.71. The Bertz CT molecular complexity index is 1730. The lowest BCUT2D eigenvalue weighted by Crippen LogP contribution is -2.69. The van der Waals surface area contributed by atoms with Crippen LogP contribution in [0.1, 0.15) is 0 Å². The normalized spacial score (nSPS) is 18.8. The summed E-state index contributed by atoms with van der Waals surface area (Å²) in [4.78, 5) is 0. The minimum Gasteiger partial charge on any atom is -0.0671 e. The van der Waals surface area contributed by atoms with E-state index in [1.165, 1.54) is 43.1 Å². The van der Waals surface area contributed by atoms with Crippen LogP contribution in [0, 0.1) is 0 Å². The van der Waals surface area contributed by atoms with Crippen LogP contribution in [0.3, 0.4) is 0 Å². The van der Waals surface area contributed by atoms with E-state index in [1.807, 2.05) is 0 Å². The first-order chi connectivity index (χ1) is 18.9. The molecule has 0 unspecified atom stereocenters.